The van der Waals surface area contributed by atoms with Crippen LogP contribution in [0.3, 0.4) is 0 Å². The van der Waals surface area contributed by atoms with Crippen molar-refractivity contribution in [2.75, 3.05) is 12.3 Å². The topological polar surface area (TPSA) is 0 Å². The summed E-state index contributed by atoms with van der Waals surface area (Å²) in [7, 11) is -0.182. The molecule has 4 fully saturated rings. The van der Waals surface area contributed by atoms with Crippen LogP contribution < -0.4 is 0 Å². The Balaban J connectivity index is 0.00000240. The van der Waals surface area contributed by atoms with Gasteiger partial charge in [0.05, 0.1) is 35.0 Å². The maximum atomic E-state index is 1.77. The first-order chi connectivity index (χ1) is 13.9. The second-order valence-corrected chi connectivity index (χ2v) is 17.6. The monoisotopic (exact) mass is 530 g/mol. The summed E-state index contributed by atoms with van der Waals surface area (Å²) in [6, 6.07) is 0. The minimum absolute atomic E-state index is 0. The van der Waals surface area contributed by atoms with E-state index in [0.29, 0.717) is 0 Å². The standard InChI is InChI=1S/C26H48P2.Pd/c1-5-13-23(14-6-1)27(24-15-7-2-8-16-24)21-22-28(25-17-9-3-10-18-25)26-19-11-4-12-20-26;/h23-26H,1-22H2;/p+2. The Kier molecular flexibility index (Phi) is 12.1. The molecule has 3 heteroatoms. The van der Waals surface area contributed by atoms with Crippen molar-refractivity contribution in [3.05, 3.63) is 0 Å². The zero-order valence-electron chi connectivity index (χ0n) is 19.2. The third-order valence-electron chi connectivity index (χ3n) is 9.22. The molecule has 0 N–H and O–H groups in total. The van der Waals surface area contributed by atoms with Gasteiger partial charge < -0.3 is 0 Å². The molecule has 4 saturated carbocycles. The van der Waals surface area contributed by atoms with Gasteiger partial charge in [0.25, 0.3) is 0 Å². The molecule has 0 atom stereocenters. The summed E-state index contributed by atoms with van der Waals surface area (Å²) in [6.07, 6.45) is 35.5. The molecule has 0 radical (unpaired) electrons. The normalized spacial score (nSPS) is 26.7. The molecule has 0 heterocycles. The van der Waals surface area contributed by atoms with Crippen molar-refractivity contribution < 1.29 is 20.4 Å². The van der Waals surface area contributed by atoms with E-state index in [2.05, 4.69) is 0 Å². The molecule has 0 bridgehead atoms. The van der Waals surface area contributed by atoms with E-state index in [9.17, 15) is 0 Å². The fraction of sp³-hybridized carbons (Fsp3) is 1.00. The molecule has 0 aromatic carbocycles. The molecule has 0 saturated heterocycles. The van der Waals surface area contributed by atoms with Gasteiger partial charge in [0, 0.05) is 36.3 Å². The summed E-state index contributed by atoms with van der Waals surface area (Å²) >= 11 is 0. The molecule has 172 valence electrons. The smallest absolute Gasteiger partial charge is 0.0530 e. The van der Waals surface area contributed by atoms with Gasteiger partial charge in [-0.1, -0.05) is 25.7 Å². The van der Waals surface area contributed by atoms with Crippen LogP contribution in [0.15, 0.2) is 0 Å². The van der Waals surface area contributed by atoms with Gasteiger partial charge in [-0.05, 0) is 103 Å². The van der Waals surface area contributed by atoms with Crippen molar-refractivity contribution in [2.24, 2.45) is 0 Å². The van der Waals surface area contributed by atoms with Gasteiger partial charge >= 0.3 is 0 Å². The first kappa shape index (κ1) is 25.2. The summed E-state index contributed by atoms with van der Waals surface area (Å²) in [6.45, 7) is 0. The Morgan fingerprint density at radius 1 is 0.345 bits per heavy atom. The largest absolute Gasteiger partial charge is 0.0910 e. The Hall–Kier alpha value is 1.52. The molecule has 0 spiro atoms. The zero-order valence-corrected chi connectivity index (χ0v) is 22.7. The van der Waals surface area contributed by atoms with Crippen molar-refractivity contribution in [2.45, 2.75) is 151 Å². The van der Waals surface area contributed by atoms with Crippen LogP contribution in [0.4, 0.5) is 0 Å². The average Bonchev–Trinajstić information content (AvgIpc) is 2.79. The molecule has 0 amide bonds. The third-order valence-corrected chi connectivity index (χ3v) is 17.9. The van der Waals surface area contributed by atoms with E-state index < -0.39 is 0 Å². The van der Waals surface area contributed by atoms with Gasteiger partial charge in [-0.15, -0.1) is 0 Å². The first-order valence-corrected chi connectivity index (χ1v) is 17.4. The Labute approximate surface area is 199 Å². The Morgan fingerprint density at radius 2 is 0.552 bits per heavy atom. The second kappa shape index (κ2) is 13.9. The quantitative estimate of drug-likeness (QED) is 0.228. The van der Waals surface area contributed by atoms with Gasteiger partial charge in [0.1, 0.15) is 0 Å². The van der Waals surface area contributed by atoms with E-state index in [1.165, 1.54) is 22.6 Å². The molecule has 0 aromatic rings. The van der Waals surface area contributed by atoms with E-state index in [4.69, 9.17) is 0 Å². The van der Waals surface area contributed by atoms with Crippen LogP contribution in [0.25, 0.3) is 0 Å². The molecule has 0 aromatic heterocycles. The van der Waals surface area contributed by atoms with Crippen LogP contribution in [0, 0.1) is 0 Å². The minimum Gasteiger partial charge on any atom is -0.0530 e. The molecule has 0 aliphatic heterocycles. The zero-order chi connectivity index (χ0) is 19.0. The number of hydrogen-bond donors (Lipinski definition) is 0. The van der Waals surface area contributed by atoms with Crippen LogP contribution in [0.1, 0.15) is 128 Å². The fourth-order valence-corrected chi connectivity index (χ4v) is 17.5. The Bertz CT molecular complexity index is 342. The van der Waals surface area contributed by atoms with Crippen molar-refractivity contribution in [3.63, 3.8) is 0 Å². The van der Waals surface area contributed by atoms with Gasteiger partial charge in [-0.2, -0.15) is 0 Å². The number of hydrogen-bond acceptors (Lipinski definition) is 0. The van der Waals surface area contributed by atoms with Gasteiger partial charge in [0.2, 0.25) is 0 Å². The van der Waals surface area contributed by atoms with Crippen molar-refractivity contribution in [1.29, 1.82) is 0 Å². The Morgan fingerprint density at radius 3 is 0.759 bits per heavy atom. The molecular formula is C26H50P2Pd+2. The second-order valence-electron chi connectivity index (χ2n) is 11.0. The van der Waals surface area contributed by atoms with Crippen LogP contribution in [-0.2, 0) is 20.4 Å². The van der Waals surface area contributed by atoms with Crippen LogP contribution in [-0.4, -0.2) is 35.0 Å². The molecule has 0 unspecified atom stereocenters. The first-order valence-electron chi connectivity index (χ1n) is 13.6. The molecule has 4 aliphatic rings. The van der Waals surface area contributed by atoms with Crippen molar-refractivity contribution >= 4 is 15.8 Å². The van der Waals surface area contributed by atoms with Crippen LogP contribution in [0.2, 0.25) is 0 Å². The summed E-state index contributed by atoms with van der Waals surface area (Å²) in [4.78, 5) is 0. The predicted molar refractivity (Wildman–Crippen MR) is 134 cm³/mol. The van der Waals surface area contributed by atoms with Gasteiger partial charge in [-0.25, -0.2) is 0 Å². The van der Waals surface area contributed by atoms with Crippen molar-refractivity contribution in [3.8, 4) is 0 Å². The summed E-state index contributed by atoms with van der Waals surface area (Å²) in [5, 5.41) is 0. The predicted octanol–water partition coefficient (Wildman–Crippen LogP) is 8.74. The maximum absolute atomic E-state index is 1.77. The summed E-state index contributed by atoms with van der Waals surface area (Å²) in [5.41, 5.74) is 4.90. The summed E-state index contributed by atoms with van der Waals surface area (Å²) in [5.74, 6) is 0. The van der Waals surface area contributed by atoms with E-state index >= 15 is 0 Å². The fourth-order valence-electron chi connectivity index (χ4n) is 7.67. The molecular weight excluding hydrogens is 481 g/mol. The molecule has 0 nitrogen and oxygen atoms in total. The van der Waals surface area contributed by atoms with Crippen LogP contribution in [0.5, 0.6) is 0 Å². The van der Waals surface area contributed by atoms with E-state index in [-0.39, 0.29) is 36.3 Å². The average molecular weight is 531 g/mol. The van der Waals surface area contributed by atoms with Crippen LogP contribution >= 0.6 is 15.8 Å². The van der Waals surface area contributed by atoms with E-state index in [0.717, 1.165) is 0 Å². The minimum atomic E-state index is -0.0909. The maximum Gasteiger partial charge on any atom is 0.0910 e. The third kappa shape index (κ3) is 7.52. The molecule has 29 heavy (non-hydrogen) atoms. The number of rotatable bonds is 7. The van der Waals surface area contributed by atoms with E-state index in [1.54, 1.807) is 141 Å². The SMILES string of the molecule is C1CCC([PH+](CC[PH+](C2CCCCC2)C2CCCCC2)C2CCCCC2)CC1.[Pd]. The van der Waals surface area contributed by atoms with Crippen molar-refractivity contribution in [1.82, 2.24) is 0 Å². The van der Waals surface area contributed by atoms with Gasteiger partial charge in [0.15, 0.2) is 0 Å². The molecule has 4 aliphatic carbocycles. The molecule has 4 rings (SSSR count). The van der Waals surface area contributed by atoms with Gasteiger partial charge in [-0.3, -0.25) is 0 Å². The van der Waals surface area contributed by atoms with E-state index in [1.807, 2.05) is 0 Å². The summed E-state index contributed by atoms with van der Waals surface area (Å²) < 4.78 is 0.